The Morgan fingerprint density at radius 1 is 0.923 bits per heavy atom. The molecule has 0 radical (unpaired) electrons. The molecule has 0 fully saturated rings. The summed E-state index contributed by atoms with van der Waals surface area (Å²) >= 11 is 6.01. The van der Waals surface area contributed by atoms with Crippen LogP contribution in [-0.2, 0) is 0 Å². The van der Waals surface area contributed by atoms with Gasteiger partial charge in [-0.1, -0.05) is 29.8 Å². The minimum absolute atomic E-state index is 0.211. The molecule has 26 heavy (non-hydrogen) atoms. The molecule has 1 aromatic carbocycles. The fourth-order valence-corrected chi connectivity index (χ4v) is 2.42. The smallest absolute Gasteiger partial charge is 0.252 e. The Kier molecular flexibility index (Phi) is 5.95. The van der Waals surface area contributed by atoms with Crippen LogP contribution >= 0.6 is 11.6 Å². The van der Waals surface area contributed by atoms with Crippen molar-refractivity contribution in [1.82, 2.24) is 20.3 Å². The van der Waals surface area contributed by atoms with Gasteiger partial charge in [-0.05, 0) is 24.3 Å². The number of hydrogen-bond acceptors (Lipinski definition) is 6. The van der Waals surface area contributed by atoms with Gasteiger partial charge in [0.2, 0.25) is 0 Å². The number of carbonyl (C=O) groups excluding carboxylic acids is 1. The van der Waals surface area contributed by atoms with Gasteiger partial charge in [0.25, 0.3) is 5.91 Å². The van der Waals surface area contributed by atoms with Crippen molar-refractivity contribution < 1.29 is 4.79 Å². The van der Waals surface area contributed by atoms with E-state index in [1.165, 1.54) is 6.33 Å². The van der Waals surface area contributed by atoms with Gasteiger partial charge in [0.1, 0.15) is 23.8 Å². The highest BCUT2D eigenvalue weighted by Crippen LogP contribution is 2.15. The molecule has 3 aromatic rings. The first kappa shape index (κ1) is 17.6. The Morgan fingerprint density at radius 3 is 2.54 bits per heavy atom. The molecule has 0 aliphatic rings. The predicted molar refractivity (Wildman–Crippen MR) is 102 cm³/mol. The van der Waals surface area contributed by atoms with Crippen LogP contribution in [0.15, 0.2) is 61.1 Å². The van der Waals surface area contributed by atoms with E-state index in [1.807, 2.05) is 18.2 Å². The lowest BCUT2D eigenvalue weighted by Gasteiger charge is -2.09. The number of aromatic nitrogens is 3. The van der Waals surface area contributed by atoms with Gasteiger partial charge in [0.15, 0.2) is 0 Å². The summed E-state index contributed by atoms with van der Waals surface area (Å²) in [6.07, 6.45) is 3.15. The van der Waals surface area contributed by atoms with Crippen molar-refractivity contribution in [3.63, 3.8) is 0 Å². The first-order valence-electron chi connectivity index (χ1n) is 7.99. The number of amides is 1. The van der Waals surface area contributed by atoms with Gasteiger partial charge in [-0.25, -0.2) is 15.0 Å². The number of benzene rings is 1. The Hall–Kier alpha value is -3.19. The van der Waals surface area contributed by atoms with Gasteiger partial charge in [-0.3, -0.25) is 4.79 Å². The molecule has 0 aliphatic carbocycles. The van der Waals surface area contributed by atoms with Crippen molar-refractivity contribution in [2.75, 3.05) is 23.7 Å². The van der Waals surface area contributed by atoms with Crippen LogP contribution in [0, 0.1) is 0 Å². The molecule has 132 valence electrons. The van der Waals surface area contributed by atoms with Crippen molar-refractivity contribution in [2.24, 2.45) is 0 Å². The Morgan fingerprint density at radius 2 is 1.73 bits per heavy atom. The standard InChI is InChI=1S/C18H17ClN6O/c19-14-6-2-1-5-13(14)18(26)22-10-9-21-16-11-17(24-12-23-16)25-15-7-3-4-8-20-15/h1-8,11-12H,9-10H2,(H,22,26)(H2,20,21,23,24,25). The quantitative estimate of drug-likeness (QED) is 0.555. The van der Waals surface area contributed by atoms with E-state index >= 15 is 0 Å². The van der Waals surface area contributed by atoms with Crippen LogP contribution < -0.4 is 16.0 Å². The van der Waals surface area contributed by atoms with Crippen LogP contribution in [0.4, 0.5) is 17.5 Å². The van der Waals surface area contributed by atoms with Crippen molar-refractivity contribution in [1.29, 1.82) is 0 Å². The van der Waals surface area contributed by atoms with Crippen LogP contribution in [0.5, 0.6) is 0 Å². The van der Waals surface area contributed by atoms with Gasteiger partial charge >= 0.3 is 0 Å². The third-order valence-electron chi connectivity index (χ3n) is 3.42. The molecule has 3 rings (SSSR count). The first-order chi connectivity index (χ1) is 12.7. The fraction of sp³-hybridized carbons (Fsp3) is 0.111. The molecular weight excluding hydrogens is 352 g/mol. The number of nitrogens with one attached hydrogen (secondary N) is 3. The Bertz CT molecular complexity index is 874. The van der Waals surface area contributed by atoms with E-state index in [-0.39, 0.29) is 5.91 Å². The maximum Gasteiger partial charge on any atom is 0.252 e. The highest BCUT2D eigenvalue weighted by atomic mass is 35.5. The molecule has 0 bridgehead atoms. The predicted octanol–water partition coefficient (Wildman–Crippen LogP) is 3.11. The molecule has 2 aromatic heterocycles. The Balaban J connectivity index is 1.48. The summed E-state index contributed by atoms with van der Waals surface area (Å²) in [5, 5.41) is 9.47. The highest BCUT2D eigenvalue weighted by molar-refractivity contribution is 6.33. The molecule has 0 spiro atoms. The summed E-state index contributed by atoms with van der Waals surface area (Å²) in [5.74, 6) is 1.76. The first-order valence-corrected chi connectivity index (χ1v) is 8.37. The molecule has 0 saturated heterocycles. The number of anilines is 3. The topological polar surface area (TPSA) is 91.8 Å². The van der Waals surface area contributed by atoms with Crippen LogP contribution in [0.25, 0.3) is 0 Å². The summed E-state index contributed by atoms with van der Waals surface area (Å²) < 4.78 is 0. The number of hydrogen-bond donors (Lipinski definition) is 3. The molecule has 8 heteroatoms. The average Bonchev–Trinajstić information content (AvgIpc) is 2.66. The zero-order chi connectivity index (χ0) is 18.2. The third kappa shape index (κ3) is 4.90. The molecule has 3 N–H and O–H groups in total. The van der Waals surface area contributed by atoms with E-state index in [2.05, 4.69) is 30.9 Å². The summed E-state index contributed by atoms with van der Waals surface area (Å²) in [6, 6.07) is 14.3. The number of nitrogens with zero attached hydrogens (tertiary/aromatic N) is 3. The lowest BCUT2D eigenvalue weighted by atomic mass is 10.2. The van der Waals surface area contributed by atoms with Crippen LogP contribution in [-0.4, -0.2) is 33.9 Å². The van der Waals surface area contributed by atoms with Crippen LogP contribution in [0.2, 0.25) is 5.02 Å². The average molecular weight is 369 g/mol. The maximum absolute atomic E-state index is 12.1. The second-order valence-corrected chi connectivity index (χ2v) is 5.70. The molecule has 0 aliphatic heterocycles. The van der Waals surface area contributed by atoms with E-state index in [4.69, 9.17) is 11.6 Å². The third-order valence-corrected chi connectivity index (χ3v) is 3.75. The van der Waals surface area contributed by atoms with Gasteiger partial charge < -0.3 is 16.0 Å². The van der Waals surface area contributed by atoms with Gasteiger partial charge in [-0.15, -0.1) is 0 Å². The van der Waals surface area contributed by atoms with E-state index in [9.17, 15) is 4.79 Å². The van der Waals surface area contributed by atoms with E-state index in [1.54, 1.807) is 36.5 Å². The second kappa shape index (κ2) is 8.77. The number of halogens is 1. The summed E-state index contributed by atoms with van der Waals surface area (Å²) in [5.41, 5.74) is 0.457. The minimum atomic E-state index is -0.211. The van der Waals surface area contributed by atoms with E-state index < -0.39 is 0 Å². The van der Waals surface area contributed by atoms with Crippen LogP contribution in [0.1, 0.15) is 10.4 Å². The van der Waals surface area contributed by atoms with E-state index in [0.29, 0.717) is 41.1 Å². The molecule has 7 nitrogen and oxygen atoms in total. The molecule has 2 heterocycles. The van der Waals surface area contributed by atoms with Crippen molar-refractivity contribution >= 4 is 35.0 Å². The van der Waals surface area contributed by atoms with Gasteiger partial charge in [0.05, 0.1) is 10.6 Å². The second-order valence-electron chi connectivity index (χ2n) is 5.29. The minimum Gasteiger partial charge on any atom is -0.368 e. The number of rotatable bonds is 7. The summed E-state index contributed by atoms with van der Waals surface area (Å²) in [6.45, 7) is 0.938. The van der Waals surface area contributed by atoms with Crippen molar-refractivity contribution in [2.45, 2.75) is 0 Å². The zero-order valence-corrected chi connectivity index (χ0v) is 14.6. The molecule has 0 saturated carbocycles. The zero-order valence-electron chi connectivity index (χ0n) is 13.8. The molecular formula is C18H17ClN6O. The fourth-order valence-electron chi connectivity index (χ4n) is 2.20. The van der Waals surface area contributed by atoms with Gasteiger partial charge in [-0.2, -0.15) is 0 Å². The molecule has 0 unspecified atom stereocenters. The summed E-state index contributed by atoms with van der Waals surface area (Å²) in [4.78, 5) is 24.6. The molecule has 1 amide bonds. The summed E-state index contributed by atoms with van der Waals surface area (Å²) in [7, 11) is 0. The number of pyridine rings is 1. The lowest BCUT2D eigenvalue weighted by Crippen LogP contribution is -2.29. The SMILES string of the molecule is O=C(NCCNc1cc(Nc2ccccn2)ncn1)c1ccccc1Cl. The monoisotopic (exact) mass is 368 g/mol. The van der Waals surface area contributed by atoms with Crippen LogP contribution in [0.3, 0.4) is 0 Å². The lowest BCUT2D eigenvalue weighted by molar-refractivity contribution is 0.0955. The largest absolute Gasteiger partial charge is 0.368 e. The van der Waals surface area contributed by atoms with Crippen molar-refractivity contribution in [3.8, 4) is 0 Å². The van der Waals surface area contributed by atoms with E-state index in [0.717, 1.165) is 0 Å². The Labute approximate surface area is 155 Å². The highest BCUT2D eigenvalue weighted by Gasteiger charge is 2.08. The molecule has 0 atom stereocenters. The maximum atomic E-state index is 12.1. The normalized spacial score (nSPS) is 10.2. The van der Waals surface area contributed by atoms with Crippen molar-refractivity contribution in [3.05, 3.63) is 71.6 Å². The van der Waals surface area contributed by atoms with Gasteiger partial charge in [0, 0.05) is 25.4 Å². The number of carbonyl (C=O) groups is 1.